The van der Waals surface area contributed by atoms with Crippen LogP contribution in [0.3, 0.4) is 0 Å². The molecule has 0 aliphatic carbocycles. The van der Waals surface area contributed by atoms with Gasteiger partial charge in [-0.25, -0.2) is 4.98 Å². The zero-order valence-corrected chi connectivity index (χ0v) is 48.3. The molecule has 0 amide bonds. The minimum absolute atomic E-state index is 0. The van der Waals surface area contributed by atoms with Gasteiger partial charge in [-0.15, -0.1) is 48.1 Å². The van der Waals surface area contributed by atoms with Crippen molar-refractivity contribution in [3.63, 3.8) is 0 Å². The summed E-state index contributed by atoms with van der Waals surface area (Å²) in [6.45, 7) is 36.7. The Morgan fingerprint density at radius 3 is 1.49 bits per heavy atom. The zero-order chi connectivity index (χ0) is 52.0. The molecule has 1 aliphatic heterocycles. The first kappa shape index (κ1) is 52.4. The van der Waals surface area contributed by atoms with Gasteiger partial charge in [0.1, 0.15) is 5.82 Å². The number of anilines is 4. The number of benzene rings is 7. The zero-order valence-electron chi connectivity index (χ0n) is 46.0. The SMILES string of the molecule is CC(C)(C)c1cc(-c2cc(-c3cc(C(C)(C)C)cc(C(C)(C)C)c3)cc(N3[CH-]N(c4[c-]c(Oc5[c-]c6c(cc5)c5ccccc5n6-c5cc(C(C)(C)C)ccn5)ccc4)c4ccccc43)c2)cc(C(C)(C)C)c1.[Pt]. The quantitative estimate of drug-likeness (QED) is 0.149. The molecule has 0 saturated heterocycles. The minimum atomic E-state index is -0.0310. The second-order valence-electron chi connectivity index (χ2n) is 25.3. The third kappa shape index (κ3) is 10.3. The van der Waals surface area contributed by atoms with Gasteiger partial charge in [0.25, 0.3) is 0 Å². The number of para-hydroxylation sites is 3. The van der Waals surface area contributed by atoms with Gasteiger partial charge >= 0.3 is 0 Å². The average molecular weight is 1160 g/mol. The van der Waals surface area contributed by atoms with Crippen LogP contribution < -0.4 is 14.5 Å². The van der Waals surface area contributed by atoms with E-state index in [0.29, 0.717) is 11.5 Å². The first-order valence-corrected chi connectivity index (χ1v) is 25.9. The molecule has 6 heteroatoms. The molecular formula is C68H71N4OPt-3. The van der Waals surface area contributed by atoms with E-state index in [0.717, 1.165) is 50.4 Å². The molecule has 10 rings (SSSR count). The number of aromatic nitrogens is 2. The van der Waals surface area contributed by atoms with Crippen molar-refractivity contribution in [3.8, 4) is 39.6 Å². The summed E-state index contributed by atoms with van der Waals surface area (Å²) in [4.78, 5) is 9.45. The topological polar surface area (TPSA) is 33.5 Å². The van der Waals surface area contributed by atoms with Crippen molar-refractivity contribution in [2.75, 3.05) is 9.80 Å². The van der Waals surface area contributed by atoms with E-state index in [9.17, 15) is 0 Å². The van der Waals surface area contributed by atoms with E-state index < -0.39 is 0 Å². The van der Waals surface area contributed by atoms with E-state index in [2.05, 4.69) is 264 Å². The summed E-state index contributed by atoms with van der Waals surface area (Å²) in [6, 6.07) is 60.6. The Hall–Kier alpha value is -6.42. The Labute approximate surface area is 455 Å². The number of fused-ring (bicyclic) bond motifs is 4. The number of ether oxygens (including phenoxy) is 1. The van der Waals surface area contributed by atoms with Crippen LogP contribution >= 0.6 is 0 Å². The first-order valence-electron chi connectivity index (χ1n) is 25.9. The van der Waals surface area contributed by atoms with Gasteiger partial charge in [-0.05, 0) is 131 Å². The number of hydrogen-bond donors (Lipinski definition) is 0. The van der Waals surface area contributed by atoms with Gasteiger partial charge in [-0.1, -0.05) is 176 Å². The van der Waals surface area contributed by atoms with E-state index in [1.807, 2.05) is 24.4 Å². The Morgan fingerprint density at radius 1 is 0.432 bits per heavy atom. The van der Waals surface area contributed by atoms with Crippen LogP contribution in [-0.4, -0.2) is 9.55 Å². The molecule has 5 nitrogen and oxygen atoms in total. The van der Waals surface area contributed by atoms with Gasteiger partial charge in [0, 0.05) is 61.3 Å². The molecule has 74 heavy (non-hydrogen) atoms. The van der Waals surface area contributed by atoms with Crippen molar-refractivity contribution in [1.82, 2.24) is 9.55 Å². The monoisotopic (exact) mass is 1150 g/mol. The van der Waals surface area contributed by atoms with Crippen LogP contribution in [0.15, 0.2) is 152 Å². The van der Waals surface area contributed by atoms with Crippen molar-refractivity contribution in [3.05, 3.63) is 198 Å². The Balaban J connectivity index is 0.00000672. The molecule has 0 bridgehead atoms. The maximum atomic E-state index is 6.72. The first-order chi connectivity index (χ1) is 34.3. The molecule has 382 valence electrons. The van der Waals surface area contributed by atoms with Gasteiger partial charge in [0.2, 0.25) is 0 Å². The maximum absolute atomic E-state index is 6.72. The van der Waals surface area contributed by atoms with Crippen molar-refractivity contribution < 1.29 is 25.8 Å². The van der Waals surface area contributed by atoms with Crippen molar-refractivity contribution >= 4 is 44.6 Å². The molecule has 9 aromatic rings. The number of hydrogen-bond acceptors (Lipinski definition) is 4. The van der Waals surface area contributed by atoms with Crippen LogP contribution in [-0.2, 0) is 48.1 Å². The molecule has 0 N–H and O–H groups in total. The van der Waals surface area contributed by atoms with Gasteiger partial charge < -0.3 is 19.1 Å². The van der Waals surface area contributed by atoms with Crippen LogP contribution in [0.2, 0.25) is 0 Å². The van der Waals surface area contributed by atoms with Crippen molar-refractivity contribution in [1.29, 1.82) is 0 Å². The van der Waals surface area contributed by atoms with Gasteiger partial charge in [-0.3, -0.25) is 0 Å². The summed E-state index contributed by atoms with van der Waals surface area (Å²) in [7, 11) is 0. The smallest absolute Gasteiger partial charge is 0.135 e. The largest absolute Gasteiger partial charge is 0.509 e. The second kappa shape index (κ2) is 19.1. The maximum Gasteiger partial charge on any atom is 0.135 e. The molecule has 0 spiro atoms. The van der Waals surface area contributed by atoms with Crippen molar-refractivity contribution in [2.24, 2.45) is 0 Å². The molecule has 0 unspecified atom stereocenters. The Morgan fingerprint density at radius 2 is 0.932 bits per heavy atom. The average Bonchev–Trinajstić information content (AvgIpc) is 3.89. The van der Waals surface area contributed by atoms with Crippen molar-refractivity contribution in [2.45, 2.75) is 131 Å². The third-order valence-electron chi connectivity index (χ3n) is 14.5. The standard InChI is InChI=1S/C68H71N4O.Pt/c1-64(2,3)48-29-30-69-63(40-48)72-59-24-17-16-23-57(59)58-28-27-56(42-62(58)72)73-55-22-20-21-53(41-55)70-43-71(61-26-19-18-25-60(61)70)54-36-44(46-32-49(65(4,5)6)38-50(33-46)66(7,8)9)31-45(37-54)47-34-51(67(10,11)12)39-52(35-47)68(13,14)15;/h16-40,43H,1-15H3;/q-3;. The van der Waals surface area contributed by atoms with E-state index in [4.69, 9.17) is 9.72 Å². The summed E-state index contributed by atoms with van der Waals surface area (Å²) < 4.78 is 8.92. The van der Waals surface area contributed by atoms with Crippen LogP contribution in [0.4, 0.5) is 22.7 Å². The summed E-state index contributed by atoms with van der Waals surface area (Å²) in [6.07, 6.45) is 1.91. The molecule has 7 aromatic carbocycles. The Kier molecular flexibility index (Phi) is 13.5. The summed E-state index contributed by atoms with van der Waals surface area (Å²) >= 11 is 0. The van der Waals surface area contributed by atoms with Crippen LogP contribution in [0.5, 0.6) is 11.5 Å². The van der Waals surface area contributed by atoms with Crippen LogP contribution in [0.1, 0.15) is 132 Å². The van der Waals surface area contributed by atoms with E-state index in [-0.39, 0.29) is 48.1 Å². The van der Waals surface area contributed by atoms with E-state index in [1.54, 1.807) is 0 Å². The minimum Gasteiger partial charge on any atom is -0.509 e. The molecule has 3 heterocycles. The number of nitrogens with zero attached hydrogens (tertiary/aromatic N) is 4. The van der Waals surface area contributed by atoms with E-state index >= 15 is 0 Å². The fourth-order valence-corrected chi connectivity index (χ4v) is 9.85. The Bertz CT molecular complexity index is 3410. The third-order valence-corrected chi connectivity index (χ3v) is 14.5. The number of pyridine rings is 1. The van der Waals surface area contributed by atoms with E-state index in [1.165, 1.54) is 50.1 Å². The molecular weight excluding hydrogens is 1080 g/mol. The number of rotatable bonds is 7. The molecule has 1 aliphatic rings. The molecule has 0 fully saturated rings. The van der Waals surface area contributed by atoms with Gasteiger partial charge in [-0.2, -0.15) is 12.1 Å². The fourth-order valence-electron chi connectivity index (χ4n) is 9.85. The summed E-state index contributed by atoms with van der Waals surface area (Å²) in [5.74, 6) is 2.05. The predicted molar refractivity (Wildman–Crippen MR) is 309 cm³/mol. The van der Waals surface area contributed by atoms with Crippen LogP contribution in [0.25, 0.3) is 49.9 Å². The normalized spacial score (nSPS) is 13.4. The molecule has 2 aromatic heterocycles. The van der Waals surface area contributed by atoms with Gasteiger partial charge in [0.15, 0.2) is 0 Å². The summed E-state index contributed by atoms with van der Waals surface area (Å²) in [5, 5.41) is 2.23. The predicted octanol–water partition coefficient (Wildman–Crippen LogP) is 18.8. The van der Waals surface area contributed by atoms with Crippen LogP contribution in [0, 0.1) is 18.8 Å². The summed E-state index contributed by atoms with van der Waals surface area (Å²) in [5.41, 5.74) is 17.2. The molecule has 0 saturated carbocycles. The molecule has 0 radical (unpaired) electrons. The second-order valence-corrected chi connectivity index (χ2v) is 25.3. The van der Waals surface area contributed by atoms with Gasteiger partial charge in [0.05, 0.1) is 0 Å². The molecule has 0 atom stereocenters. The fraction of sp³-hybridized carbons (Fsp3) is 0.294.